The van der Waals surface area contributed by atoms with Gasteiger partial charge in [-0.2, -0.15) is 5.26 Å². The SMILES string of the molecule is CC(C)c1ccc(C2C(C#N)=C(N)N(c3nnc(SCC(=O)Nc4ccccc4C(=O)O)s3)C3=C2C(=O)CCC3)cc1. The normalized spacial score (nSPS) is 16.9. The minimum Gasteiger partial charge on any atom is -0.478 e. The third-order valence-electron chi connectivity index (χ3n) is 7.20. The smallest absolute Gasteiger partial charge is 0.337 e. The van der Waals surface area contributed by atoms with E-state index in [0.29, 0.717) is 40.2 Å². The standard InChI is InChI=1S/C30H28N6O4S2/c1-16(2)17-10-12-18(13-11-17)25-20(14-31)27(32)36(22-8-5-9-23(37)26(22)25)29-34-35-30(42-29)41-15-24(38)33-21-7-4-3-6-19(21)28(39)40/h3-4,6-7,10-13,16,25H,5,8-9,15,32H2,1-2H3,(H,33,38)(H,39,40). The molecule has 1 aliphatic carbocycles. The van der Waals surface area contributed by atoms with Gasteiger partial charge in [-0.1, -0.05) is 73.3 Å². The van der Waals surface area contributed by atoms with Crippen molar-refractivity contribution in [2.75, 3.05) is 16.0 Å². The van der Waals surface area contributed by atoms with Gasteiger partial charge in [-0.25, -0.2) is 4.79 Å². The zero-order valence-electron chi connectivity index (χ0n) is 23.0. The van der Waals surface area contributed by atoms with Gasteiger partial charge in [0.2, 0.25) is 11.0 Å². The molecule has 1 atom stereocenters. The molecule has 0 bridgehead atoms. The number of hydrogen-bond donors (Lipinski definition) is 3. The quantitative estimate of drug-likeness (QED) is 0.286. The second-order valence-electron chi connectivity index (χ2n) is 10.2. The van der Waals surface area contributed by atoms with E-state index in [1.165, 1.54) is 23.5 Å². The maximum Gasteiger partial charge on any atom is 0.337 e. The lowest BCUT2D eigenvalue weighted by atomic mass is 9.75. The molecule has 214 valence electrons. The summed E-state index contributed by atoms with van der Waals surface area (Å²) in [6.07, 6.45) is 1.64. The Bertz CT molecular complexity index is 1670. The summed E-state index contributed by atoms with van der Waals surface area (Å²) < 4.78 is 0.480. The Morgan fingerprint density at radius 1 is 1.19 bits per heavy atom. The van der Waals surface area contributed by atoms with Crippen molar-refractivity contribution in [3.05, 3.63) is 87.9 Å². The van der Waals surface area contributed by atoms with Crippen LogP contribution >= 0.6 is 23.1 Å². The molecule has 1 aliphatic heterocycles. The average molecular weight is 601 g/mol. The summed E-state index contributed by atoms with van der Waals surface area (Å²) in [6, 6.07) is 16.4. The molecule has 2 heterocycles. The number of nitrogens with two attached hydrogens (primary N) is 1. The molecule has 2 aromatic carbocycles. The maximum absolute atomic E-state index is 13.4. The molecule has 0 saturated carbocycles. The number of carbonyl (C=O) groups is 3. The van der Waals surface area contributed by atoms with Crippen molar-refractivity contribution in [2.45, 2.75) is 49.3 Å². The third kappa shape index (κ3) is 5.66. The maximum atomic E-state index is 13.4. The molecule has 42 heavy (non-hydrogen) atoms. The van der Waals surface area contributed by atoms with Gasteiger partial charge in [0, 0.05) is 17.7 Å². The van der Waals surface area contributed by atoms with E-state index in [9.17, 15) is 24.8 Å². The zero-order chi connectivity index (χ0) is 30.0. The summed E-state index contributed by atoms with van der Waals surface area (Å²) in [5.74, 6) is -1.59. The molecule has 2 aliphatic rings. The highest BCUT2D eigenvalue weighted by molar-refractivity contribution is 8.01. The highest BCUT2D eigenvalue weighted by atomic mass is 32.2. The zero-order valence-corrected chi connectivity index (χ0v) is 24.6. The van der Waals surface area contributed by atoms with Crippen molar-refractivity contribution in [3.8, 4) is 6.07 Å². The summed E-state index contributed by atoms with van der Waals surface area (Å²) in [7, 11) is 0. The van der Waals surface area contributed by atoms with Gasteiger partial charge in [0.25, 0.3) is 0 Å². The number of aromatic carboxylic acids is 1. The number of carbonyl (C=O) groups excluding carboxylic acids is 2. The predicted octanol–water partition coefficient (Wildman–Crippen LogP) is 5.40. The van der Waals surface area contributed by atoms with Crippen molar-refractivity contribution in [3.63, 3.8) is 0 Å². The molecular formula is C30H28N6O4S2. The number of ketones is 1. The molecule has 0 saturated heterocycles. The van der Waals surface area contributed by atoms with E-state index in [4.69, 9.17) is 5.73 Å². The van der Waals surface area contributed by atoms with E-state index in [1.807, 2.05) is 24.3 Å². The van der Waals surface area contributed by atoms with Gasteiger partial charge in [0.1, 0.15) is 5.82 Å². The third-order valence-corrected chi connectivity index (χ3v) is 9.24. The van der Waals surface area contributed by atoms with Crippen molar-refractivity contribution < 1.29 is 19.5 Å². The van der Waals surface area contributed by atoms with Gasteiger partial charge in [-0.05, 0) is 42.0 Å². The summed E-state index contributed by atoms with van der Waals surface area (Å²) in [5, 5.41) is 31.1. The van der Waals surface area contributed by atoms with Crippen molar-refractivity contribution in [1.29, 1.82) is 5.26 Å². The molecule has 5 rings (SSSR count). The van der Waals surface area contributed by atoms with Crippen LogP contribution in [0.15, 0.2) is 75.5 Å². The molecule has 1 aromatic heterocycles. The fourth-order valence-corrected chi connectivity index (χ4v) is 6.84. The molecule has 12 heteroatoms. The van der Waals surface area contributed by atoms with Crippen LogP contribution in [0.4, 0.5) is 10.8 Å². The number of carboxylic acid groups (broad SMARTS) is 1. The molecule has 1 amide bonds. The van der Waals surface area contributed by atoms with Crippen LogP contribution in [0, 0.1) is 11.3 Å². The monoisotopic (exact) mass is 600 g/mol. The number of para-hydroxylation sites is 1. The second kappa shape index (κ2) is 12.2. The summed E-state index contributed by atoms with van der Waals surface area (Å²) in [6.45, 7) is 4.22. The van der Waals surface area contributed by atoms with Crippen molar-refractivity contribution >= 4 is 51.6 Å². The number of nitrogens with one attached hydrogen (secondary N) is 1. The average Bonchev–Trinajstić information content (AvgIpc) is 3.44. The number of Topliss-reactive ketones (excluding diaryl/α,β-unsaturated/α-hetero) is 1. The first-order valence-electron chi connectivity index (χ1n) is 13.3. The lowest BCUT2D eigenvalue weighted by molar-refractivity contribution is -0.116. The van der Waals surface area contributed by atoms with Crippen molar-refractivity contribution in [1.82, 2.24) is 10.2 Å². The van der Waals surface area contributed by atoms with E-state index >= 15 is 0 Å². The molecule has 1 unspecified atom stereocenters. The van der Waals surface area contributed by atoms with Crippen LogP contribution < -0.4 is 16.0 Å². The van der Waals surface area contributed by atoms with Crippen LogP contribution in [0.3, 0.4) is 0 Å². The number of thioether (sulfide) groups is 1. The van der Waals surface area contributed by atoms with Crippen molar-refractivity contribution in [2.24, 2.45) is 5.73 Å². The molecule has 3 aromatic rings. The highest BCUT2D eigenvalue weighted by Crippen LogP contribution is 2.47. The van der Waals surface area contributed by atoms with Gasteiger partial charge < -0.3 is 16.2 Å². The number of carboxylic acids is 1. The van der Waals surface area contributed by atoms with Crippen LogP contribution in [0.2, 0.25) is 0 Å². The predicted molar refractivity (Wildman–Crippen MR) is 161 cm³/mol. The summed E-state index contributed by atoms with van der Waals surface area (Å²) >= 11 is 2.33. The first kappa shape index (κ1) is 29.0. The van der Waals surface area contributed by atoms with Gasteiger partial charge >= 0.3 is 5.97 Å². The minimum atomic E-state index is -1.14. The fourth-order valence-electron chi connectivity index (χ4n) is 5.15. The summed E-state index contributed by atoms with van der Waals surface area (Å²) in [4.78, 5) is 39.0. The Morgan fingerprint density at radius 3 is 2.62 bits per heavy atom. The van der Waals surface area contributed by atoms with Gasteiger partial charge in [-0.3, -0.25) is 14.5 Å². The number of rotatable bonds is 8. The lowest BCUT2D eigenvalue weighted by Crippen LogP contribution is -2.38. The van der Waals surface area contributed by atoms with E-state index in [2.05, 4.69) is 35.4 Å². The molecule has 10 nitrogen and oxygen atoms in total. The Kier molecular flexibility index (Phi) is 8.42. The van der Waals surface area contributed by atoms with Gasteiger partial charge in [0.05, 0.1) is 34.6 Å². The van der Waals surface area contributed by atoms with Gasteiger partial charge in [-0.15, -0.1) is 10.2 Å². The molecular weight excluding hydrogens is 573 g/mol. The van der Waals surface area contributed by atoms with Crippen LogP contribution in [0.5, 0.6) is 0 Å². The largest absolute Gasteiger partial charge is 0.478 e. The number of anilines is 2. The number of aromatic nitrogens is 2. The number of hydrogen-bond acceptors (Lipinski definition) is 10. The first-order chi connectivity index (χ1) is 20.2. The topological polar surface area (TPSA) is 162 Å². The van der Waals surface area contributed by atoms with Crippen LogP contribution in [-0.2, 0) is 9.59 Å². The van der Waals surface area contributed by atoms with Crippen LogP contribution in [0.25, 0.3) is 0 Å². The van der Waals surface area contributed by atoms with Gasteiger partial charge in [0.15, 0.2) is 10.1 Å². The second-order valence-corrected chi connectivity index (χ2v) is 12.4. The Morgan fingerprint density at radius 2 is 1.93 bits per heavy atom. The van der Waals surface area contributed by atoms with Crippen LogP contribution in [-0.4, -0.2) is 38.7 Å². The Hall–Kier alpha value is -4.47. The Labute approximate surface area is 250 Å². The number of allylic oxidation sites excluding steroid dienone is 3. The van der Waals surface area contributed by atoms with E-state index in [1.54, 1.807) is 17.0 Å². The fraction of sp³-hybridized carbons (Fsp3) is 0.267. The van der Waals surface area contributed by atoms with E-state index in [-0.39, 0.29) is 34.2 Å². The van der Waals surface area contributed by atoms with E-state index in [0.717, 1.165) is 28.6 Å². The minimum absolute atomic E-state index is 0.00464. The van der Waals surface area contributed by atoms with Crippen LogP contribution in [0.1, 0.15) is 66.4 Å². The first-order valence-corrected chi connectivity index (χ1v) is 15.1. The highest BCUT2D eigenvalue weighted by Gasteiger charge is 2.41. The number of amides is 1. The van der Waals surface area contributed by atoms with E-state index < -0.39 is 17.8 Å². The molecule has 4 N–H and O–H groups in total. The number of nitriles is 1. The molecule has 0 fully saturated rings. The number of nitrogens with zero attached hydrogens (tertiary/aromatic N) is 4. The Balaban J connectivity index is 1.41. The summed E-state index contributed by atoms with van der Waals surface area (Å²) in [5.41, 5.74) is 10.4. The molecule has 0 spiro atoms. The lowest BCUT2D eigenvalue weighted by Gasteiger charge is -2.38. The molecule has 0 radical (unpaired) electrons. The number of benzene rings is 2.